The largest absolute Gasteiger partial charge is 0.497 e. The predicted octanol–water partition coefficient (Wildman–Crippen LogP) is 3.53. The van der Waals surface area contributed by atoms with E-state index in [-0.39, 0.29) is 5.78 Å². The summed E-state index contributed by atoms with van der Waals surface area (Å²) in [6.45, 7) is 3.90. The molecule has 1 saturated carbocycles. The van der Waals surface area contributed by atoms with Crippen molar-refractivity contribution >= 4 is 5.78 Å². The van der Waals surface area contributed by atoms with Crippen LogP contribution < -0.4 is 4.74 Å². The van der Waals surface area contributed by atoms with Crippen LogP contribution in [-0.4, -0.2) is 12.9 Å². The third kappa shape index (κ3) is 2.56. The standard InChI is InChI=1S/C17H21NO2/c1-16(2)8-5-9-17(12-18,15(16)19)11-13-6-4-7-14(10-13)20-3/h4,6-7,10H,5,8-9,11H2,1-3H3. The van der Waals surface area contributed by atoms with Gasteiger partial charge in [0.05, 0.1) is 13.2 Å². The highest BCUT2D eigenvalue weighted by Gasteiger charge is 2.48. The van der Waals surface area contributed by atoms with Crippen molar-refractivity contribution in [3.05, 3.63) is 29.8 Å². The van der Waals surface area contributed by atoms with E-state index in [1.165, 1.54) is 0 Å². The number of ether oxygens (including phenoxy) is 1. The van der Waals surface area contributed by atoms with E-state index in [1.807, 2.05) is 38.1 Å². The van der Waals surface area contributed by atoms with Gasteiger partial charge in [0.25, 0.3) is 0 Å². The molecule has 0 N–H and O–H groups in total. The van der Waals surface area contributed by atoms with Crippen LogP contribution in [0.25, 0.3) is 0 Å². The lowest BCUT2D eigenvalue weighted by Crippen LogP contribution is -2.45. The van der Waals surface area contributed by atoms with Crippen LogP contribution in [0.15, 0.2) is 24.3 Å². The zero-order valence-corrected chi connectivity index (χ0v) is 12.4. The molecule has 0 aliphatic heterocycles. The Kier molecular flexibility index (Phi) is 3.85. The van der Waals surface area contributed by atoms with Gasteiger partial charge in [0, 0.05) is 5.41 Å². The topological polar surface area (TPSA) is 50.1 Å². The van der Waals surface area contributed by atoms with Gasteiger partial charge >= 0.3 is 0 Å². The van der Waals surface area contributed by atoms with Gasteiger partial charge in [-0.1, -0.05) is 32.4 Å². The Morgan fingerprint density at radius 1 is 1.35 bits per heavy atom. The molecule has 0 saturated heterocycles. The smallest absolute Gasteiger partial charge is 0.158 e. The number of Topliss-reactive ketones (excluding diaryl/α,β-unsaturated/α-hetero) is 1. The van der Waals surface area contributed by atoms with Crippen molar-refractivity contribution in [2.75, 3.05) is 7.11 Å². The first-order valence-corrected chi connectivity index (χ1v) is 7.03. The summed E-state index contributed by atoms with van der Waals surface area (Å²) in [6, 6.07) is 9.95. The number of methoxy groups -OCH3 is 1. The van der Waals surface area contributed by atoms with Crippen molar-refractivity contribution < 1.29 is 9.53 Å². The normalized spacial score (nSPS) is 25.0. The molecule has 1 aliphatic carbocycles. The highest BCUT2D eigenvalue weighted by molar-refractivity contribution is 5.93. The van der Waals surface area contributed by atoms with Gasteiger partial charge in [0.15, 0.2) is 5.78 Å². The van der Waals surface area contributed by atoms with Crippen molar-refractivity contribution in [3.63, 3.8) is 0 Å². The fraction of sp³-hybridized carbons (Fsp3) is 0.529. The van der Waals surface area contributed by atoms with Crippen LogP contribution in [0.5, 0.6) is 5.75 Å². The average Bonchev–Trinajstić information content (AvgIpc) is 2.44. The van der Waals surface area contributed by atoms with Crippen LogP contribution in [0.2, 0.25) is 0 Å². The zero-order valence-electron chi connectivity index (χ0n) is 12.4. The number of rotatable bonds is 3. The van der Waals surface area contributed by atoms with Gasteiger partial charge in [-0.2, -0.15) is 5.26 Å². The summed E-state index contributed by atoms with van der Waals surface area (Å²) in [5.41, 5.74) is -0.294. The molecular weight excluding hydrogens is 250 g/mol. The van der Waals surface area contributed by atoms with Crippen LogP contribution in [-0.2, 0) is 11.2 Å². The van der Waals surface area contributed by atoms with Crippen LogP contribution in [0.1, 0.15) is 38.7 Å². The molecule has 1 aliphatic rings. The molecule has 0 bridgehead atoms. The molecule has 1 fully saturated rings. The van der Waals surface area contributed by atoms with Crippen LogP contribution in [0.3, 0.4) is 0 Å². The van der Waals surface area contributed by atoms with E-state index in [0.29, 0.717) is 12.8 Å². The van der Waals surface area contributed by atoms with Crippen molar-refractivity contribution in [1.29, 1.82) is 5.26 Å². The number of nitriles is 1. The summed E-state index contributed by atoms with van der Waals surface area (Å²) in [6.07, 6.45) is 2.93. The molecule has 20 heavy (non-hydrogen) atoms. The summed E-state index contributed by atoms with van der Waals surface area (Å²) in [7, 11) is 1.62. The molecule has 0 amide bonds. The minimum atomic E-state index is -0.881. The first-order chi connectivity index (χ1) is 9.43. The number of ketones is 1. The van der Waals surface area contributed by atoms with Gasteiger partial charge in [0.2, 0.25) is 0 Å². The van der Waals surface area contributed by atoms with Gasteiger partial charge in [-0.25, -0.2) is 0 Å². The fourth-order valence-corrected chi connectivity index (χ4v) is 3.15. The van der Waals surface area contributed by atoms with Gasteiger partial charge in [-0.15, -0.1) is 0 Å². The van der Waals surface area contributed by atoms with E-state index in [0.717, 1.165) is 24.2 Å². The molecule has 1 atom stereocenters. The Hall–Kier alpha value is -1.82. The minimum Gasteiger partial charge on any atom is -0.497 e. The summed E-state index contributed by atoms with van der Waals surface area (Å²) >= 11 is 0. The zero-order chi connectivity index (χ0) is 14.8. The van der Waals surface area contributed by atoms with E-state index in [2.05, 4.69) is 6.07 Å². The van der Waals surface area contributed by atoms with E-state index in [1.54, 1.807) is 7.11 Å². The molecule has 0 spiro atoms. The van der Waals surface area contributed by atoms with E-state index in [9.17, 15) is 10.1 Å². The van der Waals surface area contributed by atoms with E-state index >= 15 is 0 Å². The molecule has 1 aromatic carbocycles. The lowest BCUT2D eigenvalue weighted by Gasteiger charge is -2.39. The van der Waals surface area contributed by atoms with Crippen LogP contribution in [0.4, 0.5) is 0 Å². The van der Waals surface area contributed by atoms with Crippen molar-refractivity contribution in [1.82, 2.24) is 0 Å². The number of hydrogen-bond donors (Lipinski definition) is 0. The fourth-order valence-electron chi connectivity index (χ4n) is 3.15. The Morgan fingerprint density at radius 3 is 2.75 bits per heavy atom. The molecule has 106 valence electrons. The summed E-state index contributed by atoms with van der Waals surface area (Å²) in [5, 5.41) is 9.63. The number of hydrogen-bond acceptors (Lipinski definition) is 3. The molecule has 1 aromatic rings. The number of carbonyl (C=O) groups is 1. The van der Waals surface area contributed by atoms with E-state index in [4.69, 9.17) is 4.74 Å². The molecular formula is C17H21NO2. The maximum Gasteiger partial charge on any atom is 0.158 e. The summed E-state index contributed by atoms with van der Waals surface area (Å²) in [4.78, 5) is 12.7. The van der Waals surface area contributed by atoms with Crippen LogP contribution in [0, 0.1) is 22.2 Å². The third-order valence-electron chi connectivity index (χ3n) is 4.31. The summed E-state index contributed by atoms with van der Waals surface area (Å²) in [5.74, 6) is 0.847. The molecule has 1 unspecified atom stereocenters. The monoisotopic (exact) mass is 271 g/mol. The second-order valence-corrected chi connectivity index (χ2v) is 6.29. The molecule has 3 heteroatoms. The quantitative estimate of drug-likeness (QED) is 0.845. The maximum absolute atomic E-state index is 12.7. The summed E-state index contributed by atoms with van der Waals surface area (Å²) < 4.78 is 5.21. The Morgan fingerprint density at radius 2 is 2.10 bits per heavy atom. The van der Waals surface area contributed by atoms with Gasteiger partial charge < -0.3 is 4.74 Å². The number of carbonyl (C=O) groups excluding carboxylic acids is 1. The van der Waals surface area contributed by atoms with Crippen molar-refractivity contribution in [2.24, 2.45) is 10.8 Å². The molecule has 0 radical (unpaired) electrons. The molecule has 2 rings (SSSR count). The predicted molar refractivity (Wildman–Crippen MR) is 77.4 cm³/mol. The first-order valence-electron chi connectivity index (χ1n) is 7.03. The highest BCUT2D eigenvalue weighted by atomic mass is 16.5. The van der Waals surface area contributed by atoms with E-state index < -0.39 is 10.8 Å². The highest BCUT2D eigenvalue weighted by Crippen LogP contribution is 2.44. The second kappa shape index (κ2) is 5.28. The molecule has 0 heterocycles. The minimum absolute atomic E-state index is 0.0848. The van der Waals surface area contributed by atoms with Crippen LogP contribution >= 0.6 is 0 Å². The lowest BCUT2D eigenvalue weighted by molar-refractivity contribution is -0.138. The molecule has 0 aromatic heterocycles. The number of benzene rings is 1. The average molecular weight is 271 g/mol. The number of nitrogens with zero attached hydrogens (tertiary/aromatic N) is 1. The molecule has 3 nitrogen and oxygen atoms in total. The van der Waals surface area contributed by atoms with Crippen molar-refractivity contribution in [3.8, 4) is 11.8 Å². The SMILES string of the molecule is COc1cccc(CC2(C#N)CCCC(C)(C)C2=O)c1. The van der Waals surface area contributed by atoms with Gasteiger partial charge in [-0.3, -0.25) is 4.79 Å². The Balaban J connectivity index is 2.32. The second-order valence-electron chi connectivity index (χ2n) is 6.29. The lowest BCUT2D eigenvalue weighted by atomic mass is 9.61. The first kappa shape index (κ1) is 14.6. The maximum atomic E-state index is 12.7. The van der Waals surface area contributed by atoms with Gasteiger partial charge in [-0.05, 0) is 37.0 Å². The van der Waals surface area contributed by atoms with Crippen molar-refractivity contribution in [2.45, 2.75) is 39.5 Å². The Bertz CT molecular complexity index is 556. The van der Waals surface area contributed by atoms with Gasteiger partial charge in [0.1, 0.15) is 11.2 Å². The third-order valence-corrected chi connectivity index (χ3v) is 4.31. The Labute approximate surface area is 120 Å².